The summed E-state index contributed by atoms with van der Waals surface area (Å²) in [5, 5.41) is 10.7. The molecule has 154 valence electrons. The van der Waals surface area contributed by atoms with Crippen molar-refractivity contribution < 1.29 is 23.3 Å². The molecule has 30 heavy (non-hydrogen) atoms. The molecule has 4 rings (SSSR count). The summed E-state index contributed by atoms with van der Waals surface area (Å²) in [5.74, 6) is -0.292. The lowest BCUT2D eigenvalue weighted by Crippen LogP contribution is -2.50. The fourth-order valence-electron chi connectivity index (χ4n) is 3.19. The molecule has 3 aromatic rings. The van der Waals surface area contributed by atoms with Crippen LogP contribution < -0.4 is 0 Å². The van der Waals surface area contributed by atoms with Crippen molar-refractivity contribution in [2.75, 3.05) is 26.2 Å². The van der Waals surface area contributed by atoms with Crippen LogP contribution in [0.15, 0.2) is 52.9 Å². The summed E-state index contributed by atoms with van der Waals surface area (Å²) in [4.78, 5) is 39.0. The highest BCUT2D eigenvalue weighted by atomic mass is 32.1. The highest BCUT2D eigenvalue weighted by Gasteiger charge is 2.28. The summed E-state index contributed by atoms with van der Waals surface area (Å²) in [6, 6.07) is 11.8. The number of hydrogen-bond donors (Lipinski definition) is 0. The minimum absolute atomic E-state index is 0.0815. The molecule has 1 aliphatic rings. The maximum atomic E-state index is 13.1. The number of rotatable bonds is 4. The van der Waals surface area contributed by atoms with Gasteiger partial charge in [-0.3, -0.25) is 19.7 Å². The first-order valence-corrected chi connectivity index (χ1v) is 9.92. The molecule has 0 unspecified atom stereocenters. The molecule has 0 atom stereocenters. The molecule has 2 amide bonds. The molecule has 8 nitrogen and oxygen atoms in total. The molecule has 0 aliphatic carbocycles. The highest BCUT2D eigenvalue weighted by molar-refractivity contribution is 7.17. The number of thiophene rings is 1. The van der Waals surface area contributed by atoms with Gasteiger partial charge in [-0.25, -0.2) is 4.39 Å². The smallest absolute Gasteiger partial charge is 0.324 e. The third kappa shape index (κ3) is 3.94. The van der Waals surface area contributed by atoms with Crippen LogP contribution in [0, 0.1) is 15.9 Å². The summed E-state index contributed by atoms with van der Waals surface area (Å²) >= 11 is 0.839. The van der Waals surface area contributed by atoms with Crippen LogP contribution in [0.25, 0.3) is 11.3 Å². The number of halogens is 1. The number of nitrogens with zero attached hydrogens (tertiary/aromatic N) is 3. The van der Waals surface area contributed by atoms with Gasteiger partial charge in [0.25, 0.3) is 11.8 Å². The van der Waals surface area contributed by atoms with Crippen molar-refractivity contribution in [2.45, 2.75) is 0 Å². The topological polar surface area (TPSA) is 96.9 Å². The Labute approximate surface area is 174 Å². The molecule has 0 bridgehead atoms. The van der Waals surface area contributed by atoms with Gasteiger partial charge in [-0.2, -0.15) is 0 Å². The summed E-state index contributed by atoms with van der Waals surface area (Å²) in [6.07, 6.45) is 0. The van der Waals surface area contributed by atoms with Gasteiger partial charge in [0.05, 0.1) is 9.80 Å². The van der Waals surface area contributed by atoms with Gasteiger partial charge in [-0.1, -0.05) is 11.3 Å². The Morgan fingerprint density at radius 3 is 2.17 bits per heavy atom. The third-order valence-corrected chi connectivity index (χ3v) is 5.81. The fourth-order valence-corrected chi connectivity index (χ4v) is 3.98. The van der Waals surface area contributed by atoms with Crippen molar-refractivity contribution in [1.29, 1.82) is 0 Å². The average molecular weight is 429 g/mol. The Bertz CT molecular complexity index is 1100. The van der Waals surface area contributed by atoms with Crippen LogP contribution in [-0.2, 0) is 0 Å². The maximum absolute atomic E-state index is 13.1. The normalized spacial score (nSPS) is 14.0. The fraction of sp³-hybridized carbons (Fsp3) is 0.200. The molecule has 1 aliphatic heterocycles. The van der Waals surface area contributed by atoms with Crippen LogP contribution in [0.4, 0.5) is 9.39 Å². The number of benzene rings is 1. The molecular weight excluding hydrogens is 413 g/mol. The van der Waals surface area contributed by atoms with Gasteiger partial charge in [0.1, 0.15) is 11.6 Å². The van der Waals surface area contributed by atoms with Crippen LogP contribution >= 0.6 is 11.3 Å². The first-order chi connectivity index (χ1) is 14.4. The standard InChI is InChI=1S/C20H16FN3O5S/c21-14-3-1-13(2-4-14)15-5-6-16(29-15)19(25)22-9-11-23(12-10-22)20(26)17-7-8-18(30-17)24(27)28/h1-8H,9-12H2. The minimum Gasteiger partial charge on any atom is -0.451 e. The van der Waals surface area contributed by atoms with Gasteiger partial charge >= 0.3 is 5.00 Å². The minimum atomic E-state index is -0.526. The lowest BCUT2D eigenvalue weighted by Gasteiger charge is -2.34. The quantitative estimate of drug-likeness (QED) is 0.466. The summed E-state index contributed by atoms with van der Waals surface area (Å²) in [6.45, 7) is 1.29. The molecule has 0 saturated carbocycles. The van der Waals surface area contributed by atoms with Crippen molar-refractivity contribution in [3.05, 3.63) is 75.1 Å². The van der Waals surface area contributed by atoms with Crippen molar-refractivity contribution >= 4 is 28.2 Å². The van der Waals surface area contributed by atoms with E-state index in [-0.39, 0.29) is 28.4 Å². The van der Waals surface area contributed by atoms with Gasteiger partial charge in [0.2, 0.25) is 0 Å². The molecule has 10 heteroatoms. The molecule has 1 aromatic carbocycles. The zero-order chi connectivity index (χ0) is 21.3. The summed E-state index contributed by atoms with van der Waals surface area (Å²) in [5.41, 5.74) is 0.663. The lowest BCUT2D eigenvalue weighted by atomic mass is 10.2. The van der Waals surface area contributed by atoms with Crippen LogP contribution in [-0.4, -0.2) is 52.7 Å². The maximum Gasteiger partial charge on any atom is 0.324 e. The molecule has 3 heterocycles. The second kappa shape index (κ2) is 8.07. The number of nitro groups is 1. The van der Waals surface area contributed by atoms with Crippen LogP contribution in [0.1, 0.15) is 20.2 Å². The van der Waals surface area contributed by atoms with E-state index in [2.05, 4.69) is 0 Å². The Kier molecular flexibility index (Phi) is 5.32. The van der Waals surface area contributed by atoms with Crippen LogP contribution in [0.2, 0.25) is 0 Å². The Hall–Kier alpha value is -3.53. The number of hydrogen-bond acceptors (Lipinski definition) is 6. The Morgan fingerprint density at radius 2 is 1.57 bits per heavy atom. The number of carbonyl (C=O) groups excluding carboxylic acids is 2. The summed E-state index contributed by atoms with van der Waals surface area (Å²) in [7, 11) is 0. The van der Waals surface area contributed by atoms with Gasteiger partial charge < -0.3 is 14.2 Å². The molecule has 1 fully saturated rings. The zero-order valence-electron chi connectivity index (χ0n) is 15.6. The van der Waals surface area contributed by atoms with Crippen molar-refractivity contribution in [1.82, 2.24) is 9.80 Å². The SMILES string of the molecule is O=C(c1ccc(-c2ccc(F)cc2)o1)N1CCN(C(=O)c2ccc([N+](=O)[O-])s2)CC1. The van der Waals surface area contributed by atoms with E-state index in [0.29, 0.717) is 42.4 Å². The predicted octanol–water partition coefficient (Wildman–Crippen LogP) is 3.65. The third-order valence-electron chi connectivity index (χ3n) is 4.78. The van der Waals surface area contributed by atoms with Gasteiger partial charge in [-0.15, -0.1) is 0 Å². The van der Waals surface area contributed by atoms with Gasteiger partial charge in [0, 0.05) is 37.8 Å². The number of carbonyl (C=O) groups is 2. The van der Waals surface area contributed by atoms with E-state index in [0.717, 1.165) is 11.3 Å². The number of piperazine rings is 1. The van der Waals surface area contributed by atoms with E-state index >= 15 is 0 Å². The monoisotopic (exact) mass is 429 g/mol. The van der Waals surface area contributed by atoms with E-state index in [9.17, 15) is 24.1 Å². The van der Waals surface area contributed by atoms with E-state index in [1.165, 1.54) is 24.3 Å². The van der Waals surface area contributed by atoms with E-state index in [4.69, 9.17) is 4.42 Å². The largest absolute Gasteiger partial charge is 0.451 e. The van der Waals surface area contributed by atoms with E-state index in [1.807, 2.05) is 0 Å². The molecule has 1 saturated heterocycles. The Balaban J connectivity index is 1.38. The van der Waals surface area contributed by atoms with Gasteiger partial charge in [0.15, 0.2) is 5.76 Å². The van der Waals surface area contributed by atoms with Gasteiger partial charge in [-0.05, 0) is 42.5 Å². The molecular formula is C20H16FN3O5S. The lowest BCUT2D eigenvalue weighted by molar-refractivity contribution is -0.380. The molecule has 2 aromatic heterocycles. The van der Waals surface area contributed by atoms with Crippen molar-refractivity contribution in [3.8, 4) is 11.3 Å². The second-order valence-electron chi connectivity index (χ2n) is 6.65. The molecule has 0 radical (unpaired) electrons. The first-order valence-electron chi connectivity index (χ1n) is 9.11. The van der Waals surface area contributed by atoms with E-state index < -0.39 is 4.92 Å². The highest BCUT2D eigenvalue weighted by Crippen LogP contribution is 2.26. The second-order valence-corrected chi connectivity index (χ2v) is 7.71. The number of amides is 2. The van der Waals surface area contributed by atoms with Crippen LogP contribution in [0.3, 0.4) is 0 Å². The first kappa shape index (κ1) is 19.8. The van der Waals surface area contributed by atoms with Crippen LogP contribution in [0.5, 0.6) is 0 Å². The van der Waals surface area contributed by atoms with Crippen molar-refractivity contribution in [3.63, 3.8) is 0 Å². The number of furan rings is 1. The molecule has 0 N–H and O–H groups in total. The van der Waals surface area contributed by atoms with E-state index in [1.54, 1.807) is 34.1 Å². The Morgan fingerprint density at radius 1 is 0.933 bits per heavy atom. The van der Waals surface area contributed by atoms with Crippen molar-refractivity contribution in [2.24, 2.45) is 0 Å². The summed E-state index contributed by atoms with van der Waals surface area (Å²) < 4.78 is 18.7. The zero-order valence-corrected chi connectivity index (χ0v) is 16.4. The predicted molar refractivity (Wildman–Crippen MR) is 107 cm³/mol. The average Bonchev–Trinajstić information content (AvgIpc) is 3.44. The molecule has 0 spiro atoms.